The number of benzene rings is 1. The zero-order chi connectivity index (χ0) is 18.0. The van der Waals surface area contributed by atoms with Crippen molar-refractivity contribution in [3.63, 3.8) is 0 Å². The van der Waals surface area contributed by atoms with Crippen molar-refractivity contribution >= 4 is 17.7 Å². The molecular weight excluding hydrogens is 329 g/mol. The van der Waals surface area contributed by atoms with Gasteiger partial charge in [0.2, 0.25) is 5.91 Å². The zero-order valence-corrected chi connectivity index (χ0v) is 13.1. The smallest absolute Gasteiger partial charge is 0.422 e. The van der Waals surface area contributed by atoms with Crippen LogP contribution < -0.4 is 10.6 Å². The van der Waals surface area contributed by atoms with E-state index in [9.17, 15) is 22.8 Å². The molecule has 0 aliphatic heterocycles. The first-order valence-corrected chi connectivity index (χ1v) is 7.24. The lowest BCUT2D eigenvalue weighted by atomic mass is 10.2. The van der Waals surface area contributed by atoms with Crippen LogP contribution in [-0.4, -0.2) is 37.9 Å². The molecule has 0 atom stereocenters. The number of rotatable bonds is 8. The van der Waals surface area contributed by atoms with Crippen molar-refractivity contribution in [2.75, 3.05) is 25.1 Å². The van der Waals surface area contributed by atoms with Crippen molar-refractivity contribution in [1.29, 1.82) is 0 Å². The van der Waals surface area contributed by atoms with Crippen LogP contribution in [0.4, 0.5) is 23.7 Å². The Balaban J connectivity index is 2.35. The number of hydrogen-bond donors (Lipinski definition) is 2. The van der Waals surface area contributed by atoms with Gasteiger partial charge in [0, 0.05) is 30.8 Å². The Morgan fingerprint density at radius 1 is 1.21 bits per heavy atom. The van der Waals surface area contributed by atoms with Crippen molar-refractivity contribution in [1.82, 2.24) is 5.32 Å². The van der Waals surface area contributed by atoms with Gasteiger partial charge < -0.3 is 20.1 Å². The van der Waals surface area contributed by atoms with E-state index in [-0.39, 0.29) is 13.0 Å². The number of anilines is 1. The number of halogens is 3. The van der Waals surface area contributed by atoms with E-state index in [1.54, 1.807) is 18.2 Å². The van der Waals surface area contributed by atoms with Crippen LogP contribution in [0.5, 0.6) is 0 Å². The van der Waals surface area contributed by atoms with Gasteiger partial charge in [0.05, 0.1) is 6.61 Å². The molecule has 0 saturated carbocycles. The van der Waals surface area contributed by atoms with E-state index in [1.807, 2.05) is 13.0 Å². The fraction of sp³-hybridized carbons (Fsp3) is 0.467. The maximum Gasteiger partial charge on any atom is 0.422 e. The average molecular weight is 348 g/mol. The lowest BCUT2D eigenvalue weighted by Gasteiger charge is -2.12. The van der Waals surface area contributed by atoms with Gasteiger partial charge in [-0.2, -0.15) is 13.2 Å². The van der Waals surface area contributed by atoms with Crippen LogP contribution in [0.25, 0.3) is 0 Å². The second kappa shape index (κ2) is 9.76. The number of hydrogen-bond acceptors (Lipinski definition) is 4. The minimum atomic E-state index is -4.58. The van der Waals surface area contributed by atoms with Crippen molar-refractivity contribution in [3.8, 4) is 0 Å². The first-order chi connectivity index (χ1) is 11.3. The summed E-state index contributed by atoms with van der Waals surface area (Å²) >= 11 is 0. The summed E-state index contributed by atoms with van der Waals surface area (Å²) in [6.45, 7) is 0.915. The summed E-state index contributed by atoms with van der Waals surface area (Å²) in [5, 5.41) is 4.73. The number of alkyl halides is 3. The van der Waals surface area contributed by atoms with E-state index < -0.39 is 24.8 Å². The van der Waals surface area contributed by atoms with E-state index in [0.29, 0.717) is 18.9 Å². The molecule has 2 amide bonds. The van der Waals surface area contributed by atoms with Gasteiger partial charge in [0.1, 0.15) is 0 Å². The molecule has 1 aromatic carbocycles. The molecule has 1 aromatic rings. The molecule has 0 saturated heterocycles. The molecule has 0 heterocycles. The molecule has 0 aliphatic rings. The topological polar surface area (TPSA) is 76.7 Å². The molecular formula is C15H19F3N2O4. The number of nitrogens with one attached hydrogen (secondary N) is 2. The van der Waals surface area contributed by atoms with Crippen LogP contribution in [0.1, 0.15) is 18.9 Å². The minimum Gasteiger partial charge on any atom is -0.440 e. The molecule has 9 heteroatoms. The molecule has 0 unspecified atom stereocenters. The third kappa shape index (κ3) is 8.37. The Morgan fingerprint density at radius 2 is 1.92 bits per heavy atom. The number of alkyl carbamates (subject to hydrolysis) is 1. The Bertz CT molecular complexity index is 550. The van der Waals surface area contributed by atoms with Gasteiger partial charge in [-0.1, -0.05) is 18.2 Å². The highest BCUT2D eigenvalue weighted by molar-refractivity contribution is 5.91. The predicted molar refractivity (Wildman–Crippen MR) is 80.4 cm³/mol. The zero-order valence-electron chi connectivity index (χ0n) is 13.1. The third-order valence-corrected chi connectivity index (χ3v) is 2.74. The van der Waals surface area contributed by atoms with E-state index in [1.165, 1.54) is 0 Å². The first kappa shape index (κ1) is 19.8. The average Bonchev–Trinajstić information content (AvgIpc) is 2.51. The SMILES string of the molecule is CCOCc1ccccc1NC(=O)CCNC(=O)OCC(F)(F)F. The summed E-state index contributed by atoms with van der Waals surface area (Å²) in [7, 11) is 0. The Hall–Kier alpha value is -2.29. The standard InChI is InChI=1S/C15H19F3N2O4/c1-2-23-9-11-5-3-4-6-12(11)20-13(21)7-8-19-14(22)24-10-15(16,17)18/h3-6H,2,7-10H2,1H3,(H,19,22)(H,20,21). The van der Waals surface area contributed by atoms with Crippen LogP contribution in [-0.2, 0) is 20.9 Å². The highest BCUT2D eigenvalue weighted by atomic mass is 19.4. The van der Waals surface area contributed by atoms with Crippen molar-refractivity contribution in [2.45, 2.75) is 26.1 Å². The molecule has 0 aromatic heterocycles. The van der Waals surface area contributed by atoms with Crippen molar-refractivity contribution < 1.29 is 32.2 Å². The maximum absolute atomic E-state index is 11.9. The number of carbonyl (C=O) groups excluding carboxylic acids is 2. The molecule has 0 fully saturated rings. The number of ether oxygens (including phenoxy) is 2. The molecule has 0 spiro atoms. The number of para-hydroxylation sites is 1. The molecule has 0 radical (unpaired) electrons. The van der Waals surface area contributed by atoms with Crippen molar-refractivity contribution in [3.05, 3.63) is 29.8 Å². The fourth-order valence-corrected chi connectivity index (χ4v) is 1.67. The Morgan fingerprint density at radius 3 is 2.58 bits per heavy atom. The van der Waals surface area contributed by atoms with Crippen LogP contribution in [0, 0.1) is 0 Å². The Labute approximate surface area is 137 Å². The molecule has 24 heavy (non-hydrogen) atoms. The van der Waals surface area contributed by atoms with E-state index in [4.69, 9.17) is 4.74 Å². The summed E-state index contributed by atoms with van der Waals surface area (Å²) in [4.78, 5) is 22.8. The fourth-order valence-electron chi connectivity index (χ4n) is 1.67. The van der Waals surface area contributed by atoms with Crippen LogP contribution in [0.15, 0.2) is 24.3 Å². The number of carbonyl (C=O) groups is 2. The summed E-state index contributed by atoms with van der Waals surface area (Å²) in [5.74, 6) is -0.393. The largest absolute Gasteiger partial charge is 0.440 e. The van der Waals surface area contributed by atoms with Gasteiger partial charge >= 0.3 is 12.3 Å². The third-order valence-electron chi connectivity index (χ3n) is 2.74. The Kier molecular flexibility index (Phi) is 8.03. The monoisotopic (exact) mass is 348 g/mol. The quantitative estimate of drug-likeness (QED) is 0.757. The summed E-state index contributed by atoms with van der Waals surface area (Å²) in [6.07, 6.45) is -5.92. The predicted octanol–water partition coefficient (Wildman–Crippen LogP) is 2.84. The lowest BCUT2D eigenvalue weighted by molar-refractivity contribution is -0.160. The van der Waals surface area contributed by atoms with Gasteiger partial charge in [0.15, 0.2) is 6.61 Å². The van der Waals surface area contributed by atoms with Gasteiger partial charge in [-0.15, -0.1) is 0 Å². The molecule has 6 nitrogen and oxygen atoms in total. The highest BCUT2D eigenvalue weighted by Gasteiger charge is 2.29. The highest BCUT2D eigenvalue weighted by Crippen LogP contribution is 2.16. The van der Waals surface area contributed by atoms with Gasteiger partial charge in [-0.25, -0.2) is 4.79 Å². The first-order valence-electron chi connectivity index (χ1n) is 7.24. The maximum atomic E-state index is 11.9. The van der Waals surface area contributed by atoms with Gasteiger partial charge in [-0.3, -0.25) is 4.79 Å². The molecule has 2 N–H and O–H groups in total. The molecule has 134 valence electrons. The van der Waals surface area contributed by atoms with E-state index in [2.05, 4.69) is 15.4 Å². The van der Waals surface area contributed by atoms with E-state index >= 15 is 0 Å². The second-order valence-corrected chi connectivity index (χ2v) is 4.71. The summed E-state index contributed by atoms with van der Waals surface area (Å²) in [6, 6.07) is 7.06. The lowest BCUT2D eigenvalue weighted by Crippen LogP contribution is -2.31. The molecule has 0 aliphatic carbocycles. The minimum absolute atomic E-state index is 0.107. The van der Waals surface area contributed by atoms with Gasteiger partial charge in [-0.05, 0) is 13.0 Å². The van der Waals surface area contributed by atoms with Gasteiger partial charge in [0.25, 0.3) is 0 Å². The normalized spacial score (nSPS) is 11.0. The summed E-state index contributed by atoms with van der Waals surface area (Å²) < 4.78 is 44.8. The molecule has 1 rings (SSSR count). The van der Waals surface area contributed by atoms with Crippen LogP contribution in [0.3, 0.4) is 0 Å². The van der Waals surface area contributed by atoms with Crippen LogP contribution >= 0.6 is 0 Å². The molecule has 0 bridgehead atoms. The number of amides is 2. The van der Waals surface area contributed by atoms with Crippen molar-refractivity contribution in [2.24, 2.45) is 0 Å². The van der Waals surface area contributed by atoms with E-state index in [0.717, 1.165) is 5.56 Å². The summed E-state index contributed by atoms with van der Waals surface area (Å²) in [5.41, 5.74) is 1.38. The van der Waals surface area contributed by atoms with Crippen LogP contribution in [0.2, 0.25) is 0 Å². The second-order valence-electron chi connectivity index (χ2n) is 4.71.